The number of nitrogens with one attached hydrogen (secondary N) is 1. The summed E-state index contributed by atoms with van der Waals surface area (Å²) in [5.74, 6) is 0.178. The van der Waals surface area contributed by atoms with Gasteiger partial charge in [-0.3, -0.25) is 4.79 Å². The quantitative estimate of drug-likeness (QED) is 0.452. The van der Waals surface area contributed by atoms with E-state index in [1.807, 2.05) is 12.1 Å². The summed E-state index contributed by atoms with van der Waals surface area (Å²) >= 11 is 0. The van der Waals surface area contributed by atoms with Crippen LogP contribution < -0.4 is 21.5 Å². The van der Waals surface area contributed by atoms with Crippen LogP contribution in [0.2, 0.25) is 0 Å². The van der Waals surface area contributed by atoms with Crippen LogP contribution in [0.15, 0.2) is 42.5 Å². The third kappa shape index (κ3) is 3.41. The van der Waals surface area contributed by atoms with Crippen molar-refractivity contribution < 1.29 is 9.53 Å². The molecule has 0 aromatic heterocycles. The van der Waals surface area contributed by atoms with Gasteiger partial charge in [0.25, 0.3) is 0 Å². The molecule has 104 valence electrons. The Labute approximate surface area is 117 Å². The number of carbonyl (C=O) groups excluding carboxylic acids is 1. The summed E-state index contributed by atoms with van der Waals surface area (Å²) in [7, 11) is 0. The molecule has 5 nitrogen and oxygen atoms in total. The molecular formula is C15H17N3O2. The molecule has 0 atom stereocenters. The lowest BCUT2D eigenvalue weighted by atomic mass is 10.2. The molecule has 0 aliphatic carbocycles. The first-order valence-electron chi connectivity index (χ1n) is 6.31. The number of anilines is 4. The van der Waals surface area contributed by atoms with Crippen molar-refractivity contribution in [3.8, 4) is 5.75 Å². The van der Waals surface area contributed by atoms with E-state index in [9.17, 15) is 4.79 Å². The summed E-state index contributed by atoms with van der Waals surface area (Å²) in [6.07, 6.45) is 0.325. The van der Waals surface area contributed by atoms with Gasteiger partial charge in [-0.15, -0.1) is 0 Å². The van der Waals surface area contributed by atoms with Crippen LogP contribution in [0, 0.1) is 0 Å². The van der Waals surface area contributed by atoms with Crippen molar-refractivity contribution in [2.45, 2.75) is 13.3 Å². The third-order valence-corrected chi connectivity index (χ3v) is 2.73. The maximum absolute atomic E-state index is 11.3. The van der Waals surface area contributed by atoms with Crippen molar-refractivity contribution >= 4 is 28.7 Å². The summed E-state index contributed by atoms with van der Waals surface area (Å²) in [6, 6.07) is 12.3. The average molecular weight is 271 g/mol. The van der Waals surface area contributed by atoms with Crippen LogP contribution in [0.25, 0.3) is 0 Å². The van der Waals surface area contributed by atoms with Crippen molar-refractivity contribution in [1.82, 2.24) is 0 Å². The van der Waals surface area contributed by atoms with Gasteiger partial charge < -0.3 is 21.5 Å². The Kier molecular flexibility index (Phi) is 4.10. The maximum Gasteiger partial charge on any atom is 0.310 e. The van der Waals surface area contributed by atoms with Gasteiger partial charge in [-0.2, -0.15) is 0 Å². The fourth-order valence-electron chi connectivity index (χ4n) is 1.63. The predicted molar refractivity (Wildman–Crippen MR) is 80.9 cm³/mol. The van der Waals surface area contributed by atoms with Crippen molar-refractivity contribution in [2.75, 3.05) is 16.8 Å². The lowest BCUT2D eigenvalue weighted by molar-refractivity contribution is -0.134. The van der Waals surface area contributed by atoms with Crippen molar-refractivity contribution in [2.24, 2.45) is 0 Å². The van der Waals surface area contributed by atoms with E-state index in [1.165, 1.54) is 0 Å². The van der Waals surface area contributed by atoms with Gasteiger partial charge in [-0.25, -0.2) is 0 Å². The Hall–Kier alpha value is -2.69. The molecule has 2 aromatic rings. The van der Waals surface area contributed by atoms with Gasteiger partial charge in [0.05, 0.1) is 11.4 Å². The molecule has 0 saturated carbocycles. The molecular weight excluding hydrogens is 254 g/mol. The molecule has 2 aromatic carbocycles. The molecule has 20 heavy (non-hydrogen) atoms. The topological polar surface area (TPSA) is 90.4 Å². The van der Waals surface area contributed by atoms with E-state index in [-0.39, 0.29) is 5.97 Å². The summed E-state index contributed by atoms with van der Waals surface area (Å²) in [6.45, 7) is 1.74. The average Bonchev–Trinajstić information content (AvgIpc) is 2.45. The predicted octanol–water partition coefficient (Wildman–Crippen LogP) is 2.91. The van der Waals surface area contributed by atoms with Gasteiger partial charge in [0.15, 0.2) is 0 Å². The number of benzene rings is 2. The van der Waals surface area contributed by atoms with Gasteiger partial charge in [0, 0.05) is 23.9 Å². The number of hydrogen-bond donors (Lipinski definition) is 3. The zero-order chi connectivity index (χ0) is 14.5. The number of esters is 1. The number of hydrogen-bond acceptors (Lipinski definition) is 5. The molecule has 0 fully saturated rings. The smallest absolute Gasteiger partial charge is 0.310 e. The summed E-state index contributed by atoms with van der Waals surface area (Å²) in [4.78, 5) is 11.3. The minimum Gasteiger partial charge on any atom is -0.426 e. The minimum absolute atomic E-state index is 0.284. The fraction of sp³-hybridized carbons (Fsp3) is 0.133. The minimum atomic E-state index is -0.284. The molecule has 0 saturated heterocycles. The van der Waals surface area contributed by atoms with Crippen LogP contribution >= 0.6 is 0 Å². The zero-order valence-electron chi connectivity index (χ0n) is 11.2. The van der Waals surface area contributed by atoms with Crippen LogP contribution in [0.4, 0.5) is 22.7 Å². The van der Waals surface area contributed by atoms with Crippen molar-refractivity contribution in [3.05, 3.63) is 42.5 Å². The van der Waals surface area contributed by atoms with Crippen LogP contribution in [-0.4, -0.2) is 5.97 Å². The molecule has 0 heterocycles. The van der Waals surface area contributed by atoms with Gasteiger partial charge in [-0.1, -0.05) is 6.92 Å². The number of nitrogen functional groups attached to an aromatic ring is 2. The molecule has 0 amide bonds. The number of rotatable bonds is 4. The lowest BCUT2D eigenvalue weighted by Crippen LogP contribution is -2.06. The molecule has 0 aliphatic rings. The van der Waals surface area contributed by atoms with Gasteiger partial charge in [0.1, 0.15) is 5.75 Å². The van der Waals surface area contributed by atoms with Gasteiger partial charge >= 0.3 is 5.97 Å². The van der Waals surface area contributed by atoms with Crippen molar-refractivity contribution in [3.63, 3.8) is 0 Å². The van der Waals surface area contributed by atoms with E-state index in [4.69, 9.17) is 16.2 Å². The van der Waals surface area contributed by atoms with Crippen molar-refractivity contribution in [1.29, 1.82) is 0 Å². The molecule has 0 spiro atoms. The van der Waals surface area contributed by atoms with Gasteiger partial charge in [0.2, 0.25) is 0 Å². The molecule has 0 bridgehead atoms. The van der Waals surface area contributed by atoms with E-state index in [2.05, 4.69) is 5.32 Å². The maximum atomic E-state index is 11.3. The second-order valence-electron chi connectivity index (χ2n) is 4.32. The number of carbonyl (C=O) groups is 1. The highest BCUT2D eigenvalue weighted by Crippen LogP contribution is 2.28. The third-order valence-electron chi connectivity index (χ3n) is 2.73. The Morgan fingerprint density at radius 3 is 2.50 bits per heavy atom. The van der Waals surface area contributed by atoms with Crippen LogP contribution in [-0.2, 0) is 4.79 Å². The molecule has 5 heteroatoms. The number of ether oxygens (including phenoxy) is 1. The lowest BCUT2D eigenvalue weighted by Gasteiger charge is -2.11. The van der Waals surface area contributed by atoms with Gasteiger partial charge in [-0.05, 0) is 36.4 Å². The fourth-order valence-corrected chi connectivity index (χ4v) is 1.63. The SMILES string of the molecule is CCC(=O)Oc1ccc(N)c(Nc2ccc(N)cc2)c1. The summed E-state index contributed by atoms with van der Waals surface area (Å²) in [5, 5.41) is 3.16. The Morgan fingerprint density at radius 1 is 1.15 bits per heavy atom. The number of nitrogens with two attached hydrogens (primary N) is 2. The first-order chi connectivity index (χ1) is 9.58. The summed E-state index contributed by atoms with van der Waals surface area (Å²) in [5.41, 5.74) is 14.3. The molecule has 0 aliphatic heterocycles. The monoisotopic (exact) mass is 271 g/mol. The Morgan fingerprint density at radius 2 is 1.85 bits per heavy atom. The summed E-state index contributed by atoms with van der Waals surface area (Å²) < 4.78 is 5.16. The first-order valence-corrected chi connectivity index (χ1v) is 6.31. The highest BCUT2D eigenvalue weighted by atomic mass is 16.5. The van der Waals surface area contributed by atoms with E-state index in [0.717, 1.165) is 5.69 Å². The normalized spacial score (nSPS) is 10.1. The second kappa shape index (κ2) is 5.97. The second-order valence-corrected chi connectivity index (χ2v) is 4.32. The highest BCUT2D eigenvalue weighted by molar-refractivity contribution is 5.77. The largest absolute Gasteiger partial charge is 0.426 e. The van der Waals surface area contributed by atoms with Crippen LogP contribution in [0.5, 0.6) is 5.75 Å². The molecule has 5 N–H and O–H groups in total. The molecule has 2 rings (SSSR count). The molecule has 0 radical (unpaired) electrons. The highest BCUT2D eigenvalue weighted by Gasteiger charge is 2.06. The Bertz CT molecular complexity index is 609. The zero-order valence-corrected chi connectivity index (χ0v) is 11.2. The standard InChI is InChI=1S/C15H17N3O2/c1-2-15(19)20-12-7-8-13(17)14(9-12)18-11-5-3-10(16)4-6-11/h3-9,18H,2,16-17H2,1H3. The first kappa shape index (κ1) is 13.7. The van der Waals surface area contributed by atoms with Crippen LogP contribution in [0.3, 0.4) is 0 Å². The Balaban J connectivity index is 2.20. The van der Waals surface area contributed by atoms with E-state index < -0.39 is 0 Å². The van der Waals surface area contributed by atoms with Crippen LogP contribution in [0.1, 0.15) is 13.3 Å². The molecule has 0 unspecified atom stereocenters. The van der Waals surface area contributed by atoms with E-state index in [0.29, 0.717) is 29.2 Å². The van der Waals surface area contributed by atoms with E-state index >= 15 is 0 Å². The van der Waals surface area contributed by atoms with E-state index in [1.54, 1.807) is 37.3 Å².